The molecule has 1 aliphatic rings. The first kappa shape index (κ1) is 19.7. The van der Waals surface area contributed by atoms with Gasteiger partial charge in [0, 0.05) is 12.2 Å². The predicted molar refractivity (Wildman–Crippen MR) is 117 cm³/mol. The summed E-state index contributed by atoms with van der Waals surface area (Å²) in [5.41, 5.74) is 1.99. The third-order valence-corrected chi connectivity index (χ3v) is 5.78. The van der Waals surface area contributed by atoms with Crippen molar-refractivity contribution in [2.24, 2.45) is 0 Å². The van der Waals surface area contributed by atoms with Crippen molar-refractivity contribution >= 4 is 11.5 Å². The van der Waals surface area contributed by atoms with E-state index in [9.17, 15) is 14.9 Å². The van der Waals surface area contributed by atoms with Crippen LogP contribution >= 0.6 is 0 Å². The van der Waals surface area contributed by atoms with Crippen molar-refractivity contribution in [1.82, 2.24) is 9.55 Å². The van der Waals surface area contributed by atoms with Gasteiger partial charge in [-0.1, -0.05) is 61.9 Å². The quantitative estimate of drug-likeness (QED) is 0.700. The zero-order valence-corrected chi connectivity index (χ0v) is 17.1. The fourth-order valence-corrected chi connectivity index (χ4v) is 4.19. The molecule has 3 aromatic rings. The Hall–Kier alpha value is -3.59. The summed E-state index contributed by atoms with van der Waals surface area (Å²) in [6.07, 6.45) is 1.87. The standard InChI is InChI=1S/C24H24N4O2/c1-3-4-14-27-20-13-9-8-12-18(20)19(15-25)21-22(27)26-24(30)28(23(21)29)16(2)17-10-6-5-7-11-17/h5-13,16,19H,3-4,14H2,1-2H3,(H,26,30)/t16-,19+/m0/s1. The van der Waals surface area contributed by atoms with Gasteiger partial charge in [0.2, 0.25) is 0 Å². The lowest BCUT2D eigenvalue weighted by Gasteiger charge is -2.35. The minimum absolute atomic E-state index is 0.342. The van der Waals surface area contributed by atoms with Crippen LogP contribution in [0.15, 0.2) is 64.2 Å². The van der Waals surface area contributed by atoms with Gasteiger partial charge >= 0.3 is 5.69 Å². The Balaban J connectivity index is 1.96. The fraction of sp³-hybridized carbons (Fsp3) is 0.292. The normalized spacial score (nSPS) is 15.8. The van der Waals surface area contributed by atoms with E-state index in [1.807, 2.05) is 66.4 Å². The number of aromatic nitrogens is 2. The number of unbranched alkanes of at least 4 members (excludes halogenated alkanes) is 1. The topological polar surface area (TPSA) is 81.9 Å². The molecule has 0 radical (unpaired) electrons. The summed E-state index contributed by atoms with van der Waals surface area (Å²) in [6, 6.07) is 18.9. The molecule has 0 amide bonds. The molecule has 0 saturated heterocycles. The molecule has 152 valence electrons. The Labute approximate surface area is 175 Å². The second-order valence-corrected chi connectivity index (χ2v) is 7.58. The molecule has 2 atom stereocenters. The van der Waals surface area contributed by atoms with E-state index in [1.54, 1.807) is 0 Å². The maximum atomic E-state index is 13.6. The van der Waals surface area contributed by atoms with Crippen LogP contribution in [0.4, 0.5) is 11.5 Å². The molecule has 0 fully saturated rings. The maximum Gasteiger partial charge on any atom is 0.330 e. The van der Waals surface area contributed by atoms with E-state index in [-0.39, 0.29) is 0 Å². The van der Waals surface area contributed by atoms with Crippen LogP contribution in [0.5, 0.6) is 0 Å². The second-order valence-electron chi connectivity index (χ2n) is 7.58. The van der Waals surface area contributed by atoms with Crippen LogP contribution in [-0.2, 0) is 0 Å². The van der Waals surface area contributed by atoms with Gasteiger partial charge in [0.1, 0.15) is 11.7 Å². The molecule has 0 bridgehead atoms. The zero-order valence-electron chi connectivity index (χ0n) is 17.1. The first-order valence-electron chi connectivity index (χ1n) is 10.3. The molecule has 0 saturated carbocycles. The van der Waals surface area contributed by atoms with Crippen LogP contribution < -0.4 is 16.1 Å². The van der Waals surface area contributed by atoms with Gasteiger partial charge in [-0.25, -0.2) is 4.79 Å². The van der Waals surface area contributed by atoms with Crippen molar-refractivity contribution in [2.75, 3.05) is 11.4 Å². The average Bonchev–Trinajstić information content (AvgIpc) is 2.77. The molecule has 2 heterocycles. The number of anilines is 2. The lowest BCUT2D eigenvalue weighted by Crippen LogP contribution is -2.44. The van der Waals surface area contributed by atoms with E-state index >= 15 is 0 Å². The second kappa shape index (κ2) is 8.03. The molecular formula is C24H24N4O2. The summed E-state index contributed by atoms with van der Waals surface area (Å²) in [4.78, 5) is 31.6. The number of para-hydroxylation sites is 1. The number of benzene rings is 2. The molecule has 0 spiro atoms. The van der Waals surface area contributed by atoms with Crippen LogP contribution in [0.2, 0.25) is 0 Å². The van der Waals surface area contributed by atoms with Crippen LogP contribution in [-0.4, -0.2) is 16.1 Å². The number of hydrogen-bond donors (Lipinski definition) is 1. The summed E-state index contributed by atoms with van der Waals surface area (Å²) in [7, 11) is 0. The minimum atomic E-state index is -0.729. The highest BCUT2D eigenvalue weighted by Gasteiger charge is 2.35. The van der Waals surface area contributed by atoms with Crippen molar-refractivity contribution in [3.8, 4) is 6.07 Å². The number of aromatic amines is 1. The third kappa shape index (κ3) is 3.13. The monoisotopic (exact) mass is 400 g/mol. The number of hydrogen-bond acceptors (Lipinski definition) is 4. The predicted octanol–water partition coefficient (Wildman–Crippen LogP) is 4.05. The van der Waals surface area contributed by atoms with E-state index in [4.69, 9.17) is 0 Å². The van der Waals surface area contributed by atoms with E-state index < -0.39 is 23.2 Å². The number of nitrogens with one attached hydrogen (secondary N) is 1. The molecule has 2 aromatic carbocycles. The van der Waals surface area contributed by atoms with Gasteiger partial charge in [-0.2, -0.15) is 5.26 Å². The summed E-state index contributed by atoms with van der Waals surface area (Å²) in [6.45, 7) is 4.58. The highest BCUT2D eigenvalue weighted by atomic mass is 16.2. The van der Waals surface area contributed by atoms with Crippen LogP contribution in [0.3, 0.4) is 0 Å². The molecule has 6 nitrogen and oxygen atoms in total. The van der Waals surface area contributed by atoms with Gasteiger partial charge in [-0.15, -0.1) is 0 Å². The molecule has 0 aliphatic carbocycles. The van der Waals surface area contributed by atoms with E-state index in [1.165, 1.54) is 4.57 Å². The molecule has 1 aromatic heterocycles. The molecule has 30 heavy (non-hydrogen) atoms. The number of fused-ring (bicyclic) bond motifs is 2. The Morgan fingerprint density at radius 1 is 1.10 bits per heavy atom. The summed E-state index contributed by atoms with van der Waals surface area (Å²) in [5, 5.41) is 9.98. The number of H-pyrrole nitrogens is 1. The fourth-order valence-electron chi connectivity index (χ4n) is 4.19. The number of rotatable bonds is 5. The van der Waals surface area contributed by atoms with Crippen molar-refractivity contribution in [3.05, 3.63) is 92.1 Å². The van der Waals surface area contributed by atoms with Gasteiger partial charge < -0.3 is 4.90 Å². The van der Waals surface area contributed by atoms with Gasteiger partial charge in [-0.05, 0) is 30.5 Å². The summed E-state index contributed by atoms with van der Waals surface area (Å²) >= 11 is 0. The summed E-state index contributed by atoms with van der Waals surface area (Å²) in [5.74, 6) is -0.284. The first-order valence-corrected chi connectivity index (χ1v) is 10.3. The number of nitriles is 1. The first-order chi connectivity index (χ1) is 14.6. The number of nitrogens with zero attached hydrogens (tertiary/aromatic N) is 3. The van der Waals surface area contributed by atoms with Crippen LogP contribution in [0, 0.1) is 11.3 Å². The van der Waals surface area contributed by atoms with E-state index in [2.05, 4.69) is 18.0 Å². The highest BCUT2D eigenvalue weighted by molar-refractivity contribution is 5.74. The smallest absolute Gasteiger partial charge is 0.327 e. The molecule has 4 rings (SSSR count). The molecule has 1 N–H and O–H groups in total. The zero-order chi connectivity index (χ0) is 21.3. The minimum Gasteiger partial charge on any atom is -0.327 e. The largest absolute Gasteiger partial charge is 0.330 e. The lowest BCUT2D eigenvalue weighted by molar-refractivity contribution is 0.567. The van der Waals surface area contributed by atoms with Gasteiger partial charge in [-0.3, -0.25) is 14.3 Å². The molecule has 0 unspecified atom stereocenters. The Kier molecular flexibility index (Phi) is 5.28. The molecular weight excluding hydrogens is 376 g/mol. The van der Waals surface area contributed by atoms with Gasteiger partial charge in [0.05, 0.1) is 17.7 Å². The van der Waals surface area contributed by atoms with Crippen molar-refractivity contribution in [1.29, 1.82) is 5.26 Å². The Morgan fingerprint density at radius 3 is 2.50 bits per heavy atom. The summed E-state index contributed by atoms with van der Waals surface area (Å²) < 4.78 is 1.23. The Morgan fingerprint density at radius 2 is 1.80 bits per heavy atom. The molecule has 1 aliphatic heterocycles. The van der Waals surface area contributed by atoms with E-state index in [0.717, 1.165) is 29.7 Å². The SMILES string of the molecule is CCCCN1c2ccccc2[C@@H](C#N)c2c1[nH]c(=O)n([C@@H](C)c1ccccc1)c2=O. The third-order valence-electron chi connectivity index (χ3n) is 5.78. The van der Waals surface area contributed by atoms with Gasteiger partial charge in [0.15, 0.2) is 0 Å². The van der Waals surface area contributed by atoms with Crippen LogP contribution in [0.25, 0.3) is 0 Å². The van der Waals surface area contributed by atoms with Crippen molar-refractivity contribution < 1.29 is 0 Å². The average molecular weight is 400 g/mol. The van der Waals surface area contributed by atoms with Gasteiger partial charge in [0.25, 0.3) is 5.56 Å². The lowest BCUT2D eigenvalue weighted by atomic mass is 9.88. The molecule has 6 heteroatoms. The van der Waals surface area contributed by atoms with Crippen molar-refractivity contribution in [2.45, 2.75) is 38.6 Å². The van der Waals surface area contributed by atoms with Crippen LogP contribution in [0.1, 0.15) is 55.3 Å². The highest BCUT2D eigenvalue weighted by Crippen LogP contribution is 2.42. The maximum absolute atomic E-state index is 13.6. The van der Waals surface area contributed by atoms with Crippen molar-refractivity contribution in [3.63, 3.8) is 0 Å². The van der Waals surface area contributed by atoms with E-state index in [0.29, 0.717) is 17.9 Å². The Bertz CT molecular complexity index is 1220.